The molecular weight excluding hydrogens is 605 g/mol. The molecule has 7 nitrogen and oxygen atoms in total. The number of methoxy groups -OCH3 is 1. The summed E-state index contributed by atoms with van der Waals surface area (Å²) in [5.41, 5.74) is 1.23. The number of ether oxygens (including phenoxy) is 1. The van der Waals surface area contributed by atoms with Crippen LogP contribution in [-0.2, 0) is 57.1 Å². The Bertz CT molecular complexity index is 1080. The number of hydrogen-bond donors (Lipinski definition) is 0. The van der Waals surface area contributed by atoms with E-state index in [2.05, 4.69) is 57.3 Å². The molecule has 2 aliphatic rings. The first-order chi connectivity index (χ1) is 18.5. The van der Waals surface area contributed by atoms with E-state index in [1.54, 1.807) is 0 Å². The number of aliphatic imine (C=N–C) groups is 1. The molecule has 2 bridgehead atoms. The zero-order valence-corrected chi connectivity index (χ0v) is 25.3. The fourth-order valence-corrected chi connectivity index (χ4v) is 6.54. The van der Waals surface area contributed by atoms with Crippen LogP contribution >= 0.6 is 0 Å². The monoisotopic (exact) mass is 641 g/mol. The second-order valence-corrected chi connectivity index (χ2v) is 10.7. The number of piperidine rings is 1. The molecule has 2 heterocycles. The molecule has 0 aliphatic carbocycles. The van der Waals surface area contributed by atoms with Crippen LogP contribution in [0.2, 0.25) is 0 Å². The van der Waals surface area contributed by atoms with Crippen LogP contribution in [0.5, 0.6) is 0 Å². The Morgan fingerprint density at radius 3 is 2.61 bits per heavy atom. The molecule has 0 radical (unpaired) electrons. The zero-order chi connectivity index (χ0) is 27.5. The van der Waals surface area contributed by atoms with Crippen LogP contribution < -0.4 is 5.11 Å². The summed E-state index contributed by atoms with van der Waals surface area (Å²) in [6, 6.07) is 15.6. The third-order valence-corrected chi connectivity index (χ3v) is 8.14. The first-order valence-electron chi connectivity index (χ1n) is 13.1. The van der Waals surface area contributed by atoms with Crippen molar-refractivity contribution in [2.45, 2.75) is 43.7 Å². The number of carbonyl (C=O) groups excluding carboxylic acids is 1. The number of nitrogens with zero attached hydrogens (tertiary/aromatic N) is 3. The van der Waals surface area contributed by atoms with Crippen molar-refractivity contribution in [3.05, 3.63) is 48.0 Å². The number of fused-ring (bicyclic) bond motifs is 3. The van der Waals surface area contributed by atoms with E-state index in [4.69, 9.17) is 33.5 Å². The van der Waals surface area contributed by atoms with Gasteiger partial charge in [-0.3, -0.25) is 9.69 Å². The van der Waals surface area contributed by atoms with E-state index in [-0.39, 0.29) is 29.7 Å². The number of benzene rings is 2. The van der Waals surface area contributed by atoms with Crippen LogP contribution in [0.25, 0.3) is 10.8 Å². The van der Waals surface area contributed by atoms with Gasteiger partial charge in [-0.05, 0) is 67.6 Å². The summed E-state index contributed by atoms with van der Waals surface area (Å²) in [6.45, 7) is 3.09. The molecule has 206 valence electrons. The quantitative estimate of drug-likeness (QED) is 0.151. The summed E-state index contributed by atoms with van der Waals surface area (Å²) in [7, 11) is 1.51. The molecule has 0 unspecified atom stereocenters. The summed E-state index contributed by atoms with van der Waals surface area (Å²) >= 11 is 11.0. The van der Waals surface area contributed by atoms with Crippen molar-refractivity contribution in [1.29, 1.82) is 0 Å². The average molecular weight is 642 g/mol. The second kappa shape index (κ2) is 16.1. The number of hydrogen-bond acceptors (Lipinski definition) is 9. The fraction of sp³-hybridized carbons (Fsp3) is 0.571. The minimum absolute atomic E-state index is 0.106. The molecule has 38 heavy (non-hydrogen) atoms. The number of carbonyl (C=O) groups is 1. The molecular formula is C28H36N3O4S2Tc. The molecule has 0 spiro atoms. The van der Waals surface area contributed by atoms with Crippen LogP contribution in [-0.4, -0.2) is 85.1 Å². The van der Waals surface area contributed by atoms with E-state index >= 15 is 0 Å². The second-order valence-electron chi connectivity index (χ2n) is 9.85. The van der Waals surface area contributed by atoms with Crippen LogP contribution in [0, 0.1) is 5.92 Å². The predicted octanol–water partition coefficient (Wildman–Crippen LogP) is 2.37. The van der Waals surface area contributed by atoms with Gasteiger partial charge in [0.1, 0.15) is 0 Å². The van der Waals surface area contributed by atoms with Crippen molar-refractivity contribution in [1.82, 2.24) is 9.80 Å². The van der Waals surface area contributed by atoms with Crippen LogP contribution in [0.4, 0.5) is 0 Å². The van der Waals surface area contributed by atoms with Gasteiger partial charge >= 0.3 is 28.3 Å². The molecule has 0 saturated carbocycles. The van der Waals surface area contributed by atoms with E-state index in [1.165, 1.54) is 23.4 Å². The first kappa shape index (κ1) is 31.2. The Morgan fingerprint density at radius 2 is 1.89 bits per heavy atom. The topological polar surface area (TPSA) is 85.3 Å². The first-order valence-corrected chi connectivity index (χ1v) is 15.0. The molecule has 2 saturated heterocycles. The maximum atomic E-state index is 13.1. The molecule has 2 aliphatic heterocycles. The summed E-state index contributed by atoms with van der Waals surface area (Å²) in [5, 5.41) is 14.5. The summed E-state index contributed by atoms with van der Waals surface area (Å²) in [6.07, 6.45) is 4.01. The van der Waals surface area contributed by atoms with E-state index in [0.29, 0.717) is 37.2 Å². The maximum absolute atomic E-state index is 13.1. The van der Waals surface area contributed by atoms with Gasteiger partial charge in [0.25, 0.3) is 0 Å². The van der Waals surface area contributed by atoms with Gasteiger partial charge in [0.2, 0.25) is 0 Å². The molecule has 4 rings (SSSR count). The number of esters is 1. The van der Waals surface area contributed by atoms with Gasteiger partial charge in [-0.2, -0.15) is 11.5 Å². The average Bonchev–Trinajstić information content (AvgIpc) is 3.22. The van der Waals surface area contributed by atoms with E-state index in [0.717, 1.165) is 57.6 Å². The minimum atomic E-state index is -0.169. The molecule has 2 aromatic rings. The van der Waals surface area contributed by atoms with Gasteiger partial charge in [-0.1, -0.05) is 42.5 Å². The zero-order valence-electron chi connectivity index (χ0n) is 21.8. The van der Waals surface area contributed by atoms with Crippen LogP contribution in [0.1, 0.15) is 37.2 Å². The fourth-order valence-electron chi connectivity index (χ4n) is 6.19. The van der Waals surface area contributed by atoms with E-state index < -0.39 is 0 Å². The summed E-state index contributed by atoms with van der Waals surface area (Å²) < 4.78 is 13.6. The SMILES string of the molecule is COC(=O)[C@@H]1[C@H]2CC[C@@H](C[C@H]1c1ccc3ccccc3c1)N2CCCN(CC[S-])CC([O-])=NCC[S-].[O]=[99Tc+3]. The van der Waals surface area contributed by atoms with E-state index in [1.807, 2.05) is 0 Å². The van der Waals surface area contributed by atoms with Gasteiger partial charge in [0.05, 0.1) is 13.0 Å². The van der Waals surface area contributed by atoms with Crippen molar-refractivity contribution in [2.24, 2.45) is 10.9 Å². The van der Waals surface area contributed by atoms with E-state index in [9.17, 15) is 9.90 Å². The van der Waals surface area contributed by atoms with Crippen molar-refractivity contribution in [2.75, 3.05) is 51.3 Å². The number of rotatable bonds is 12. The Labute approximate surface area is 247 Å². The van der Waals surface area contributed by atoms with Gasteiger partial charge in [0, 0.05) is 31.1 Å². The Balaban J connectivity index is 0.00000195. The molecule has 10 heteroatoms. The Kier molecular flexibility index (Phi) is 13.2. The van der Waals surface area contributed by atoms with Crippen molar-refractivity contribution in [3.8, 4) is 0 Å². The molecule has 0 N–H and O–H groups in total. The summed E-state index contributed by atoms with van der Waals surface area (Å²) in [4.78, 5) is 21.7. The van der Waals surface area contributed by atoms with Gasteiger partial charge < -0.3 is 45.0 Å². The molecule has 2 aromatic carbocycles. The third-order valence-electron chi connectivity index (χ3n) is 7.78. The van der Waals surface area contributed by atoms with Gasteiger partial charge in [-0.15, -0.1) is 0 Å². The van der Waals surface area contributed by atoms with Crippen molar-refractivity contribution in [3.63, 3.8) is 0 Å². The Hall–Kier alpha value is -1.29. The van der Waals surface area contributed by atoms with Crippen molar-refractivity contribution >= 4 is 47.9 Å². The predicted molar refractivity (Wildman–Crippen MR) is 149 cm³/mol. The van der Waals surface area contributed by atoms with Gasteiger partial charge in [-0.25, -0.2) is 0 Å². The third kappa shape index (κ3) is 7.89. The molecule has 0 amide bonds. The normalized spacial score (nSPS) is 23.3. The van der Waals surface area contributed by atoms with Crippen LogP contribution in [0.15, 0.2) is 47.5 Å². The van der Waals surface area contributed by atoms with Crippen molar-refractivity contribution < 1.29 is 37.0 Å². The Morgan fingerprint density at radius 1 is 1.13 bits per heavy atom. The standard InChI is InChI=1S/C28H39N3O3S2.O.Tc/c1-34-28(33)27-24(22-8-7-20-5-2-3-6-21(20)17-22)18-23-9-10-25(27)31(23)13-4-12-30(14-16-36)19-26(32)29-11-15-35;;/h2-3,5-8,17,23-25,27,35-36H,4,9-16,18-19H2,1H3,(H,29,32);;/q;;+3/p-3/t23-,24-,25+,27-;;/m0../s1/i;;1+1. The summed E-state index contributed by atoms with van der Waals surface area (Å²) in [5.74, 6) is 0.816. The van der Waals surface area contributed by atoms with Crippen LogP contribution in [0.3, 0.4) is 0 Å². The van der Waals surface area contributed by atoms with Gasteiger partial charge in [0.15, 0.2) is 0 Å². The molecule has 0 aromatic heterocycles. The molecule has 2 fully saturated rings. The molecule has 4 atom stereocenters.